The minimum Gasteiger partial charge on any atom is -0.391 e. The number of fused-ring (bicyclic) bond motifs is 1. The first-order valence-corrected chi connectivity index (χ1v) is 12.0. The number of benzene rings is 2. The maximum atomic E-state index is 13.0. The van der Waals surface area contributed by atoms with Gasteiger partial charge >= 0.3 is 0 Å². The number of carbonyl (C=O) groups excluding carboxylic acids is 2. The van der Waals surface area contributed by atoms with Crippen molar-refractivity contribution < 1.29 is 14.7 Å². The number of aryl methyl sites for hydroxylation is 1. The number of H-pyrrole nitrogens is 1. The number of carbonyl (C=O) groups is 2. The van der Waals surface area contributed by atoms with Crippen LogP contribution in [-0.4, -0.2) is 51.2 Å². The molecular formula is C26H24N4O3S. The van der Waals surface area contributed by atoms with Gasteiger partial charge in [0.1, 0.15) is 0 Å². The van der Waals surface area contributed by atoms with E-state index in [2.05, 4.69) is 15.5 Å². The summed E-state index contributed by atoms with van der Waals surface area (Å²) in [5, 5.41) is 23.1. The molecule has 172 valence electrons. The van der Waals surface area contributed by atoms with Gasteiger partial charge in [-0.3, -0.25) is 14.7 Å². The Morgan fingerprint density at radius 2 is 2.06 bits per heavy atom. The lowest BCUT2D eigenvalue weighted by molar-refractivity contribution is 0.0764. The number of hydrogen-bond acceptors (Lipinski definition) is 5. The first kappa shape index (κ1) is 22.1. The third-order valence-electron chi connectivity index (χ3n) is 5.99. The number of aliphatic hydroxyl groups is 1. The standard InChI is InChI=1S/C26H24N4O3S/c1-16-11-13-34-24(16)25(32)27-23-14-18(26(33)30-12-10-19(31)15-30)7-6-17(23)8-9-22-20-4-2-3-5-21(20)28-29-22/h2-9,11,13-14,19,31H,10,12,15H2,1H3,(H,27,32)(H,28,29). The van der Waals surface area contributed by atoms with Crippen molar-refractivity contribution in [3.8, 4) is 0 Å². The van der Waals surface area contributed by atoms with Crippen LogP contribution >= 0.6 is 11.3 Å². The summed E-state index contributed by atoms with van der Waals surface area (Å²) >= 11 is 1.38. The Labute approximate surface area is 200 Å². The number of anilines is 1. The molecule has 1 aliphatic heterocycles. The molecule has 4 aromatic rings. The third-order valence-corrected chi connectivity index (χ3v) is 7.00. The predicted octanol–water partition coefficient (Wildman–Crippen LogP) is 4.56. The molecule has 0 bridgehead atoms. The second-order valence-corrected chi connectivity index (χ2v) is 9.29. The van der Waals surface area contributed by atoms with Gasteiger partial charge in [0.05, 0.1) is 22.2 Å². The Kier molecular flexibility index (Phi) is 6.00. The molecule has 0 radical (unpaired) electrons. The van der Waals surface area contributed by atoms with Crippen LogP contribution in [0.15, 0.2) is 53.9 Å². The third kappa shape index (κ3) is 4.37. The molecule has 1 saturated heterocycles. The summed E-state index contributed by atoms with van der Waals surface area (Å²) in [6, 6.07) is 15.0. The summed E-state index contributed by atoms with van der Waals surface area (Å²) in [4.78, 5) is 28.2. The summed E-state index contributed by atoms with van der Waals surface area (Å²) in [6.07, 6.45) is 3.85. The van der Waals surface area contributed by atoms with Crippen molar-refractivity contribution in [2.45, 2.75) is 19.4 Å². The van der Waals surface area contributed by atoms with Crippen LogP contribution in [0.2, 0.25) is 0 Å². The molecule has 2 amide bonds. The monoisotopic (exact) mass is 472 g/mol. The van der Waals surface area contributed by atoms with Gasteiger partial charge in [-0.15, -0.1) is 11.3 Å². The number of hydrogen-bond donors (Lipinski definition) is 3. The molecule has 7 nitrogen and oxygen atoms in total. The average molecular weight is 473 g/mol. The van der Waals surface area contributed by atoms with E-state index in [0.29, 0.717) is 35.6 Å². The van der Waals surface area contributed by atoms with Gasteiger partial charge in [0.15, 0.2) is 0 Å². The SMILES string of the molecule is Cc1ccsc1C(=O)Nc1cc(C(=O)N2CCC(O)C2)ccc1C=Cc1n[nH]c2ccccc12. The molecule has 0 spiro atoms. The van der Waals surface area contributed by atoms with E-state index in [4.69, 9.17) is 0 Å². The Morgan fingerprint density at radius 3 is 2.82 bits per heavy atom. The molecule has 2 aromatic heterocycles. The molecule has 3 N–H and O–H groups in total. The molecule has 8 heteroatoms. The van der Waals surface area contributed by atoms with Crippen molar-refractivity contribution in [3.63, 3.8) is 0 Å². The first-order chi connectivity index (χ1) is 16.5. The quantitative estimate of drug-likeness (QED) is 0.397. The fourth-order valence-electron chi connectivity index (χ4n) is 4.12. The number of aromatic amines is 1. The number of aromatic nitrogens is 2. The molecule has 0 saturated carbocycles. The van der Waals surface area contributed by atoms with Crippen LogP contribution in [0.1, 0.15) is 43.3 Å². The summed E-state index contributed by atoms with van der Waals surface area (Å²) < 4.78 is 0. The van der Waals surface area contributed by atoms with E-state index in [1.54, 1.807) is 17.0 Å². The van der Waals surface area contributed by atoms with Crippen LogP contribution in [0.25, 0.3) is 23.1 Å². The van der Waals surface area contributed by atoms with Crippen LogP contribution < -0.4 is 5.32 Å². The smallest absolute Gasteiger partial charge is 0.266 e. The van der Waals surface area contributed by atoms with Gasteiger partial charge in [-0.1, -0.05) is 30.3 Å². The van der Waals surface area contributed by atoms with Gasteiger partial charge in [0, 0.05) is 29.7 Å². The lowest BCUT2D eigenvalue weighted by atomic mass is 10.1. The summed E-state index contributed by atoms with van der Waals surface area (Å²) in [7, 11) is 0. The van der Waals surface area contributed by atoms with Gasteiger partial charge < -0.3 is 15.3 Å². The van der Waals surface area contributed by atoms with Crippen LogP contribution in [0.4, 0.5) is 5.69 Å². The number of nitrogens with zero attached hydrogens (tertiary/aromatic N) is 2. The average Bonchev–Trinajstić information content (AvgIpc) is 3.57. The molecule has 1 atom stereocenters. The minimum absolute atomic E-state index is 0.159. The number of nitrogens with one attached hydrogen (secondary N) is 2. The normalized spacial score (nSPS) is 15.9. The summed E-state index contributed by atoms with van der Waals surface area (Å²) in [6.45, 7) is 2.74. The van der Waals surface area contributed by atoms with Gasteiger partial charge in [-0.05, 0) is 60.2 Å². The zero-order valence-corrected chi connectivity index (χ0v) is 19.4. The van der Waals surface area contributed by atoms with Crippen LogP contribution in [-0.2, 0) is 0 Å². The van der Waals surface area contributed by atoms with Gasteiger partial charge in [0.2, 0.25) is 0 Å². The fourth-order valence-corrected chi connectivity index (χ4v) is 4.94. The Hall–Kier alpha value is -3.75. The molecular weight excluding hydrogens is 448 g/mol. The fraction of sp³-hybridized carbons (Fsp3) is 0.192. The first-order valence-electron chi connectivity index (χ1n) is 11.1. The molecule has 34 heavy (non-hydrogen) atoms. The van der Waals surface area contributed by atoms with Crippen molar-refractivity contribution in [3.05, 3.63) is 81.2 Å². The topological polar surface area (TPSA) is 98.3 Å². The van der Waals surface area contributed by atoms with Crippen LogP contribution in [0.3, 0.4) is 0 Å². The molecule has 2 aromatic carbocycles. The van der Waals surface area contributed by atoms with Crippen molar-refractivity contribution >= 4 is 51.9 Å². The van der Waals surface area contributed by atoms with Gasteiger partial charge in [-0.2, -0.15) is 5.10 Å². The summed E-state index contributed by atoms with van der Waals surface area (Å²) in [5.41, 5.74) is 4.40. The number of likely N-dealkylation sites (tertiary alicyclic amines) is 1. The molecule has 3 heterocycles. The van der Waals surface area contributed by atoms with Crippen molar-refractivity contribution in [2.75, 3.05) is 18.4 Å². The largest absolute Gasteiger partial charge is 0.391 e. The second kappa shape index (κ2) is 9.24. The highest BCUT2D eigenvalue weighted by Crippen LogP contribution is 2.26. The van der Waals surface area contributed by atoms with Gasteiger partial charge in [-0.25, -0.2) is 0 Å². The zero-order valence-electron chi connectivity index (χ0n) is 18.6. The minimum atomic E-state index is -0.490. The highest BCUT2D eigenvalue weighted by molar-refractivity contribution is 7.12. The maximum absolute atomic E-state index is 13.0. The van der Waals surface area contributed by atoms with Crippen molar-refractivity contribution in [1.82, 2.24) is 15.1 Å². The molecule has 1 fully saturated rings. The van der Waals surface area contributed by atoms with E-state index >= 15 is 0 Å². The lowest BCUT2D eigenvalue weighted by Gasteiger charge is -2.17. The van der Waals surface area contributed by atoms with Crippen LogP contribution in [0.5, 0.6) is 0 Å². The molecule has 1 unspecified atom stereocenters. The lowest BCUT2D eigenvalue weighted by Crippen LogP contribution is -2.29. The number of para-hydroxylation sites is 1. The molecule has 0 aliphatic carbocycles. The number of rotatable bonds is 5. The van der Waals surface area contributed by atoms with E-state index in [1.807, 2.05) is 60.9 Å². The highest BCUT2D eigenvalue weighted by Gasteiger charge is 2.26. The van der Waals surface area contributed by atoms with E-state index in [9.17, 15) is 14.7 Å². The number of thiophene rings is 1. The van der Waals surface area contributed by atoms with Crippen LogP contribution in [0, 0.1) is 6.92 Å². The van der Waals surface area contributed by atoms with E-state index < -0.39 is 6.10 Å². The zero-order chi connectivity index (χ0) is 23.7. The Morgan fingerprint density at radius 1 is 1.21 bits per heavy atom. The highest BCUT2D eigenvalue weighted by atomic mass is 32.1. The number of β-amino-alcohol motifs (C(OH)–C–C–N with tert-alkyl or cyclic N) is 1. The number of aliphatic hydroxyl groups excluding tert-OH is 1. The van der Waals surface area contributed by atoms with Crippen molar-refractivity contribution in [2.24, 2.45) is 0 Å². The maximum Gasteiger partial charge on any atom is 0.266 e. The van der Waals surface area contributed by atoms with E-state index in [0.717, 1.165) is 27.7 Å². The number of amides is 2. The van der Waals surface area contributed by atoms with E-state index in [1.165, 1.54) is 11.3 Å². The molecule has 5 rings (SSSR count). The Bertz CT molecular complexity index is 1400. The Balaban J connectivity index is 1.48. The molecule has 1 aliphatic rings. The predicted molar refractivity (Wildman–Crippen MR) is 135 cm³/mol. The summed E-state index contributed by atoms with van der Waals surface area (Å²) in [5.74, 6) is -0.373. The van der Waals surface area contributed by atoms with E-state index in [-0.39, 0.29) is 11.8 Å². The second-order valence-electron chi connectivity index (χ2n) is 8.37. The van der Waals surface area contributed by atoms with Gasteiger partial charge in [0.25, 0.3) is 11.8 Å². The van der Waals surface area contributed by atoms with Crippen molar-refractivity contribution in [1.29, 1.82) is 0 Å².